The van der Waals surface area contributed by atoms with E-state index in [9.17, 15) is 14.4 Å². The van der Waals surface area contributed by atoms with Gasteiger partial charge in [-0.2, -0.15) is 0 Å². The molecule has 8 nitrogen and oxygen atoms in total. The summed E-state index contributed by atoms with van der Waals surface area (Å²) in [5, 5.41) is 11.8. The quantitative estimate of drug-likeness (QED) is 0.518. The molecule has 32 heavy (non-hydrogen) atoms. The normalized spacial score (nSPS) is 16.4. The zero-order valence-electron chi connectivity index (χ0n) is 17.7. The molecule has 2 aliphatic rings. The summed E-state index contributed by atoms with van der Waals surface area (Å²) in [6.45, 7) is 1.85. The fourth-order valence-electron chi connectivity index (χ4n) is 4.09. The highest BCUT2D eigenvalue weighted by atomic mass is 16.7. The minimum Gasteiger partial charge on any atom is -0.479 e. The van der Waals surface area contributed by atoms with Crippen LogP contribution >= 0.6 is 0 Å². The van der Waals surface area contributed by atoms with Gasteiger partial charge in [-0.3, -0.25) is 9.63 Å². The minimum atomic E-state index is -1.10. The van der Waals surface area contributed by atoms with Crippen LogP contribution in [-0.2, 0) is 19.2 Å². The number of alkyl carbamates (subject to hydrolysis) is 1. The van der Waals surface area contributed by atoms with Crippen molar-refractivity contribution in [1.29, 1.82) is 0 Å². The number of carboxylic acids is 1. The number of rotatable bonds is 9. The number of carbonyl (C=O) groups is 3. The van der Waals surface area contributed by atoms with Gasteiger partial charge < -0.3 is 15.2 Å². The maximum Gasteiger partial charge on any atom is 0.407 e. The van der Waals surface area contributed by atoms with Crippen LogP contribution in [0.3, 0.4) is 0 Å². The molecule has 0 aromatic heterocycles. The molecule has 0 aliphatic heterocycles. The molecule has 0 radical (unpaired) electrons. The van der Waals surface area contributed by atoms with E-state index in [0.717, 1.165) is 35.1 Å². The third-order valence-electron chi connectivity index (χ3n) is 5.79. The second-order valence-corrected chi connectivity index (χ2v) is 8.31. The summed E-state index contributed by atoms with van der Waals surface area (Å²) in [6.07, 6.45) is -0.181. The van der Waals surface area contributed by atoms with Crippen molar-refractivity contribution < 1.29 is 29.1 Å². The first-order valence-electron chi connectivity index (χ1n) is 10.7. The van der Waals surface area contributed by atoms with Crippen LogP contribution in [0.1, 0.15) is 43.2 Å². The Morgan fingerprint density at radius 2 is 1.62 bits per heavy atom. The maximum absolute atomic E-state index is 12.3. The molecule has 0 saturated heterocycles. The number of carbonyl (C=O) groups excluding carboxylic acids is 2. The molecule has 2 aliphatic carbocycles. The van der Waals surface area contributed by atoms with Gasteiger partial charge in [-0.05, 0) is 47.9 Å². The van der Waals surface area contributed by atoms with Crippen molar-refractivity contribution in [3.8, 4) is 11.1 Å². The summed E-state index contributed by atoms with van der Waals surface area (Å²) in [6, 6.07) is 15.6. The van der Waals surface area contributed by atoms with Crippen LogP contribution in [0.15, 0.2) is 48.5 Å². The molecule has 4 rings (SSSR count). The molecule has 1 fully saturated rings. The molecule has 3 N–H and O–H groups in total. The monoisotopic (exact) mass is 438 g/mol. The largest absolute Gasteiger partial charge is 0.479 e. The Balaban J connectivity index is 1.25. The number of ether oxygens (including phenoxy) is 1. The number of hydrogen-bond acceptors (Lipinski definition) is 5. The van der Waals surface area contributed by atoms with E-state index in [1.54, 1.807) is 6.92 Å². The van der Waals surface area contributed by atoms with Crippen molar-refractivity contribution in [3.05, 3.63) is 59.7 Å². The summed E-state index contributed by atoms with van der Waals surface area (Å²) in [5.74, 6) is -1.72. The van der Waals surface area contributed by atoms with Gasteiger partial charge in [-0.1, -0.05) is 48.5 Å². The highest BCUT2D eigenvalue weighted by Gasteiger charge is 2.38. The van der Waals surface area contributed by atoms with Crippen LogP contribution < -0.4 is 10.8 Å². The molecule has 0 bridgehead atoms. The standard InChI is InChI=1S/C24H26N2O6/c1-14(12-21(27)26-32-22(23(28)29)15-10-11-15)25-24(30)31-13-20-18-8-4-2-6-16(18)17-7-3-5-9-19(17)20/h2-9,14-15,20,22H,10-13H2,1H3,(H,25,30)(H,26,27)(H,28,29)/t14-,22?/m0/s1. The first-order valence-corrected chi connectivity index (χ1v) is 10.7. The second-order valence-electron chi connectivity index (χ2n) is 8.31. The summed E-state index contributed by atoms with van der Waals surface area (Å²) in [4.78, 5) is 40.5. The predicted molar refractivity (Wildman–Crippen MR) is 116 cm³/mol. The van der Waals surface area contributed by atoms with Crippen LogP contribution in [0, 0.1) is 5.92 Å². The molecule has 1 unspecified atom stereocenters. The average Bonchev–Trinajstić information content (AvgIpc) is 3.54. The van der Waals surface area contributed by atoms with Gasteiger partial charge in [0.1, 0.15) is 6.61 Å². The van der Waals surface area contributed by atoms with E-state index in [1.807, 2.05) is 36.4 Å². The van der Waals surface area contributed by atoms with Gasteiger partial charge >= 0.3 is 12.1 Å². The van der Waals surface area contributed by atoms with E-state index < -0.39 is 30.1 Å². The van der Waals surface area contributed by atoms with Gasteiger partial charge in [-0.15, -0.1) is 0 Å². The van der Waals surface area contributed by atoms with Crippen LogP contribution in [0.25, 0.3) is 11.1 Å². The molecule has 2 amide bonds. The number of aliphatic carboxylic acids is 1. The first-order chi connectivity index (χ1) is 15.4. The van der Waals surface area contributed by atoms with E-state index in [2.05, 4.69) is 22.9 Å². The number of benzene rings is 2. The zero-order chi connectivity index (χ0) is 22.7. The Kier molecular flexibility index (Phi) is 6.41. The lowest BCUT2D eigenvalue weighted by Gasteiger charge is -2.18. The van der Waals surface area contributed by atoms with Crippen molar-refractivity contribution in [2.24, 2.45) is 5.92 Å². The lowest BCUT2D eigenvalue weighted by atomic mass is 9.98. The number of nitrogens with one attached hydrogen (secondary N) is 2. The molecule has 0 heterocycles. The SMILES string of the molecule is C[C@@H](CC(=O)NOC(C(=O)O)C1CC1)NC(=O)OCC1c2ccccc2-c2ccccc21. The van der Waals surface area contributed by atoms with Crippen molar-refractivity contribution >= 4 is 18.0 Å². The third-order valence-corrected chi connectivity index (χ3v) is 5.79. The Bertz CT molecular complexity index is 974. The molecule has 2 aromatic rings. The molecule has 1 saturated carbocycles. The summed E-state index contributed by atoms with van der Waals surface area (Å²) >= 11 is 0. The fourth-order valence-corrected chi connectivity index (χ4v) is 4.09. The molecule has 2 atom stereocenters. The van der Waals surface area contributed by atoms with Gasteiger partial charge in [0.25, 0.3) is 0 Å². The predicted octanol–water partition coefficient (Wildman–Crippen LogP) is 3.21. The molecule has 168 valence electrons. The fraction of sp³-hybridized carbons (Fsp3) is 0.375. The van der Waals surface area contributed by atoms with Gasteiger partial charge in [0.2, 0.25) is 5.91 Å². The van der Waals surface area contributed by atoms with Crippen molar-refractivity contribution in [2.75, 3.05) is 6.61 Å². The van der Waals surface area contributed by atoms with Crippen LogP contribution in [0.2, 0.25) is 0 Å². The first kappa shape index (κ1) is 21.8. The second kappa shape index (κ2) is 9.40. The Morgan fingerprint density at radius 3 is 2.19 bits per heavy atom. The smallest absolute Gasteiger partial charge is 0.407 e. The van der Waals surface area contributed by atoms with E-state index in [-0.39, 0.29) is 24.9 Å². The van der Waals surface area contributed by atoms with Gasteiger partial charge in [0.15, 0.2) is 6.10 Å². The van der Waals surface area contributed by atoms with Crippen LogP contribution in [0.4, 0.5) is 4.79 Å². The maximum atomic E-state index is 12.3. The van der Waals surface area contributed by atoms with E-state index in [0.29, 0.717) is 0 Å². The molecular formula is C24H26N2O6. The molecular weight excluding hydrogens is 412 g/mol. The lowest BCUT2D eigenvalue weighted by Crippen LogP contribution is -2.40. The molecule has 8 heteroatoms. The molecule has 0 spiro atoms. The zero-order valence-corrected chi connectivity index (χ0v) is 17.7. The Morgan fingerprint density at radius 1 is 1.03 bits per heavy atom. The highest BCUT2D eigenvalue weighted by Crippen LogP contribution is 2.44. The summed E-state index contributed by atoms with van der Waals surface area (Å²) < 4.78 is 5.47. The van der Waals surface area contributed by atoms with Crippen molar-refractivity contribution in [2.45, 2.75) is 44.2 Å². The van der Waals surface area contributed by atoms with Crippen molar-refractivity contribution in [1.82, 2.24) is 10.8 Å². The van der Waals surface area contributed by atoms with Gasteiger partial charge in [0.05, 0.1) is 0 Å². The van der Waals surface area contributed by atoms with E-state index in [1.165, 1.54) is 0 Å². The number of hydrogen-bond donors (Lipinski definition) is 3. The van der Waals surface area contributed by atoms with Crippen LogP contribution in [0.5, 0.6) is 0 Å². The topological polar surface area (TPSA) is 114 Å². The van der Waals surface area contributed by atoms with E-state index in [4.69, 9.17) is 14.7 Å². The number of hydroxylamine groups is 1. The van der Waals surface area contributed by atoms with E-state index >= 15 is 0 Å². The Labute approximate surface area is 185 Å². The number of carboxylic acid groups (broad SMARTS) is 1. The lowest BCUT2D eigenvalue weighted by molar-refractivity contribution is -0.162. The summed E-state index contributed by atoms with van der Waals surface area (Å²) in [7, 11) is 0. The minimum absolute atomic E-state index is 0.0458. The number of fused-ring (bicyclic) bond motifs is 3. The number of amides is 2. The van der Waals surface area contributed by atoms with Gasteiger partial charge in [0, 0.05) is 18.4 Å². The third kappa shape index (κ3) is 4.91. The highest BCUT2D eigenvalue weighted by molar-refractivity contribution is 5.79. The van der Waals surface area contributed by atoms with Gasteiger partial charge in [-0.25, -0.2) is 15.1 Å². The summed E-state index contributed by atoms with van der Waals surface area (Å²) in [5.41, 5.74) is 6.71. The van der Waals surface area contributed by atoms with Crippen molar-refractivity contribution in [3.63, 3.8) is 0 Å². The molecule has 2 aromatic carbocycles. The van der Waals surface area contributed by atoms with Crippen LogP contribution in [-0.4, -0.2) is 41.8 Å². The Hall–Kier alpha value is -3.39. The average molecular weight is 438 g/mol.